The highest BCUT2D eigenvalue weighted by Crippen LogP contribution is 2.10. The molecule has 1 unspecified atom stereocenters. The molecule has 0 aliphatic rings. The molecule has 5 nitrogen and oxygen atoms in total. The fourth-order valence-electron chi connectivity index (χ4n) is 2.17. The van der Waals surface area contributed by atoms with Gasteiger partial charge in [0, 0.05) is 25.9 Å². The van der Waals surface area contributed by atoms with E-state index < -0.39 is 0 Å². The van der Waals surface area contributed by atoms with Crippen LogP contribution in [0.5, 0.6) is 0 Å². The molecule has 0 aliphatic heterocycles. The van der Waals surface area contributed by atoms with Gasteiger partial charge in [0.25, 0.3) is 0 Å². The third-order valence-corrected chi connectivity index (χ3v) is 3.62. The van der Waals surface area contributed by atoms with Crippen molar-refractivity contribution < 1.29 is 4.74 Å². The number of aliphatic imine (C=N–C) groups is 1. The monoisotopic (exact) mass is 468 g/mol. The minimum atomic E-state index is 0. The molecule has 0 aliphatic carbocycles. The summed E-state index contributed by atoms with van der Waals surface area (Å²) in [5, 5.41) is 7.11. The normalized spacial score (nSPS) is 12.7. The number of ether oxygens (including phenoxy) is 1. The lowest BCUT2D eigenvalue weighted by atomic mass is 10.0. The van der Waals surface area contributed by atoms with E-state index in [1.54, 1.807) is 12.3 Å². The summed E-state index contributed by atoms with van der Waals surface area (Å²) in [6.07, 6.45) is 2.98. The second kappa shape index (κ2) is 13.7. The van der Waals surface area contributed by atoms with Crippen LogP contribution in [0.15, 0.2) is 23.3 Å². The van der Waals surface area contributed by atoms with Gasteiger partial charge in [-0.3, -0.25) is 0 Å². The molecule has 0 radical (unpaired) electrons. The Balaban J connectivity index is 0.00000529. The lowest BCUT2D eigenvalue weighted by Gasteiger charge is -2.21. The van der Waals surface area contributed by atoms with E-state index in [2.05, 4.69) is 41.4 Å². The molecule has 138 valence electrons. The maximum absolute atomic E-state index is 5.79. The highest BCUT2D eigenvalue weighted by molar-refractivity contribution is 14.0. The Morgan fingerprint density at radius 1 is 1.29 bits per heavy atom. The first-order valence-electron chi connectivity index (χ1n) is 8.31. The number of aromatic nitrogens is 1. The van der Waals surface area contributed by atoms with Crippen molar-refractivity contribution in [2.75, 3.05) is 19.7 Å². The summed E-state index contributed by atoms with van der Waals surface area (Å²) in [5.74, 6) is 1.32. The number of rotatable bonds is 9. The van der Waals surface area contributed by atoms with E-state index in [4.69, 9.17) is 16.3 Å². The molecule has 7 heteroatoms. The topological polar surface area (TPSA) is 58.5 Å². The van der Waals surface area contributed by atoms with Gasteiger partial charge in [-0.15, -0.1) is 24.0 Å². The summed E-state index contributed by atoms with van der Waals surface area (Å²) in [5.41, 5.74) is 1.03. The number of pyridine rings is 1. The van der Waals surface area contributed by atoms with Crippen molar-refractivity contribution in [3.05, 3.63) is 29.0 Å². The Kier molecular flexibility index (Phi) is 13.3. The van der Waals surface area contributed by atoms with Crippen LogP contribution < -0.4 is 10.6 Å². The zero-order valence-corrected chi connectivity index (χ0v) is 18.1. The molecule has 0 fully saturated rings. The average Bonchev–Trinajstić information content (AvgIpc) is 2.53. The van der Waals surface area contributed by atoms with Crippen molar-refractivity contribution in [1.29, 1.82) is 0 Å². The molecule has 0 saturated heterocycles. The van der Waals surface area contributed by atoms with E-state index in [9.17, 15) is 0 Å². The zero-order chi connectivity index (χ0) is 17.1. The smallest absolute Gasteiger partial charge is 0.191 e. The Hall–Kier alpha value is -0.600. The second-order valence-corrected chi connectivity index (χ2v) is 6.02. The first kappa shape index (κ1) is 23.4. The van der Waals surface area contributed by atoms with Gasteiger partial charge in [0.05, 0.1) is 12.6 Å². The molecular formula is C17H30ClIN4O. The molecule has 1 atom stereocenters. The molecular weight excluding hydrogens is 439 g/mol. The molecule has 0 amide bonds. The molecule has 1 rings (SSSR count). The third-order valence-electron chi connectivity index (χ3n) is 3.40. The molecule has 0 spiro atoms. The fraction of sp³-hybridized carbons (Fsp3) is 0.647. The van der Waals surface area contributed by atoms with Crippen molar-refractivity contribution in [1.82, 2.24) is 15.6 Å². The van der Waals surface area contributed by atoms with Crippen LogP contribution in [-0.2, 0) is 11.3 Å². The van der Waals surface area contributed by atoms with Crippen LogP contribution in [0.25, 0.3) is 0 Å². The van der Waals surface area contributed by atoms with Crippen LogP contribution in [-0.4, -0.2) is 36.7 Å². The summed E-state index contributed by atoms with van der Waals surface area (Å²) in [4.78, 5) is 8.64. The highest BCUT2D eigenvalue weighted by atomic mass is 127. The third kappa shape index (κ3) is 9.64. The molecule has 0 aromatic carbocycles. The predicted molar refractivity (Wildman–Crippen MR) is 112 cm³/mol. The molecule has 1 aromatic rings. The van der Waals surface area contributed by atoms with Gasteiger partial charge >= 0.3 is 0 Å². The lowest BCUT2D eigenvalue weighted by Crippen LogP contribution is -2.39. The Labute approximate surface area is 168 Å². The Morgan fingerprint density at radius 2 is 2.04 bits per heavy atom. The first-order valence-corrected chi connectivity index (χ1v) is 8.68. The Bertz CT molecular complexity index is 468. The van der Waals surface area contributed by atoms with Gasteiger partial charge in [-0.2, -0.15) is 0 Å². The molecule has 1 aromatic heterocycles. The van der Waals surface area contributed by atoms with Gasteiger partial charge in [-0.25, -0.2) is 9.98 Å². The fourth-order valence-corrected chi connectivity index (χ4v) is 2.28. The van der Waals surface area contributed by atoms with E-state index in [-0.39, 0.29) is 30.1 Å². The largest absolute Gasteiger partial charge is 0.378 e. The number of hydrogen-bond acceptors (Lipinski definition) is 3. The second-order valence-electron chi connectivity index (χ2n) is 5.64. The van der Waals surface area contributed by atoms with Crippen molar-refractivity contribution in [2.45, 2.75) is 46.8 Å². The first-order chi connectivity index (χ1) is 11.1. The quantitative estimate of drug-likeness (QED) is 0.250. The van der Waals surface area contributed by atoms with Crippen molar-refractivity contribution in [2.24, 2.45) is 10.9 Å². The summed E-state index contributed by atoms with van der Waals surface area (Å²) in [6.45, 7) is 11.4. The maximum Gasteiger partial charge on any atom is 0.191 e. The lowest BCUT2D eigenvalue weighted by molar-refractivity contribution is 0.0258. The Morgan fingerprint density at radius 3 is 2.58 bits per heavy atom. The number of hydrogen-bond donors (Lipinski definition) is 2. The number of nitrogens with one attached hydrogen (secondary N) is 2. The SMILES string of the molecule is CCNC(=NCc1ccc(Cl)nc1)NCCC(OCC)C(C)C.I. The minimum Gasteiger partial charge on any atom is -0.378 e. The van der Waals surface area contributed by atoms with E-state index in [0.29, 0.717) is 17.6 Å². The summed E-state index contributed by atoms with van der Waals surface area (Å²) < 4.78 is 5.76. The number of guanidine groups is 1. The highest BCUT2D eigenvalue weighted by Gasteiger charge is 2.12. The van der Waals surface area contributed by atoms with E-state index in [1.165, 1.54) is 0 Å². The van der Waals surface area contributed by atoms with Crippen LogP contribution in [0, 0.1) is 5.92 Å². The standard InChI is InChI=1S/C17H29ClN4O.HI/c1-5-19-17(20-10-9-15(13(3)4)23-6-2)22-12-14-7-8-16(18)21-11-14;/h7-8,11,13,15H,5-6,9-10,12H2,1-4H3,(H2,19,20,22);1H. The van der Waals surface area contributed by atoms with Crippen LogP contribution in [0.1, 0.15) is 39.7 Å². The van der Waals surface area contributed by atoms with Crippen LogP contribution >= 0.6 is 35.6 Å². The molecule has 24 heavy (non-hydrogen) atoms. The molecule has 0 bridgehead atoms. The molecule has 0 saturated carbocycles. The molecule has 2 N–H and O–H groups in total. The zero-order valence-electron chi connectivity index (χ0n) is 15.0. The van der Waals surface area contributed by atoms with Crippen molar-refractivity contribution in [3.63, 3.8) is 0 Å². The van der Waals surface area contributed by atoms with E-state index >= 15 is 0 Å². The van der Waals surface area contributed by atoms with E-state index in [0.717, 1.165) is 37.6 Å². The maximum atomic E-state index is 5.79. The van der Waals surface area contributed by atoms with Crippen molar-refractivity contribution in [3.8, 4) is 0 Å². The van der Waals surface area contributed by atoms with Gasteiger partial charge in [-0.1, -0.05) is 31.5 Å². The van der Waals surface area contributed by atoms with Gasteiger partial charge in [-0.05, 0) is 37.8 Å². The van der Waals surface area contributed by atoms with Crippen LogP contribution in [0.2, 0.25) is 5.15 Å². The van der Waals surface area contributed by atoms with Crippen LogP contribution in [0.4, 0.5) is 0 Å². The van der Waals surface area contributed by atoms with Crippen molar-refractivity contribution >= 4 is 41.5 Å². The molecule has 1 heterocycles. The predicted octanol–water partition coefficient (Wildman–Crippen LogP) is 3.86. The van der Waals surface area contributed by atoms with Gasteiger partial charge in [0.1, 0.15) is 5.15 Å². The minimum absolute atomic E-state index is 0. The van der Waals surface area contributed by atoms with Gasteiger partial charge < -0.3 is 15.4 Å². The van der Waals surface area contributed by atoms with E-state index in [1.807, 2.05) is 13.0 Å². The average molecular weight is 469 g/mol. The summed E-state index contributed by atoms with van der Waals surface area (Å²) in [7, 11) is 0. The number of nitrogens with zero attached hydrogens (tertiary/aromatic N) is 2. The van der Waals surface area contributed by atoms with Gasteiger partial charge in [0.15, 0.2) is 5.96 Å². The summed E-state index contributed by atoms with van der Waals surface area (Å²) >= 11 is 5.79. The summed E-state index contributed by atoms with van der Waals surface area (Å²) in [6, 6.07) is 3.72. The van der Waals surface area contributed by atoms with Gasteiger partial charge in [0.2, 0.25) is 0 Å². The number of halogens is 2. The van der Waals surface area contributed by atoms with Crippen LogP contribution in [0.3, 0.4) is 0 Å².